The monoisotopic (exact) mass is 214 g/mol. The summed E-state index contributed by atoms with van der Waals surface area (Å²) in [5, 5.41) is 5.48. The van der Waals surface area contributed by atoms with Gasteiger partial charge in [0.15, 0.2) is 0 Å². The van der Waals surface area contributed by atoms with Gasteiger partial charge in [-0.05, 0) is 0 Å². The molecule has 1 aromatic rings. The summed E-state index contributed by atoms with van der Waals surface area (Å²) >= 11 is 1.52. The highest BCUT2D eigenvalue weighted by Crippen LogP contribution is 2.20. The van der Waals surface area contributed by atoms with Gasteiger partial charge >= 0.3 is 6.09 Å². The fraction of sp³-hybridized carbons (Fsp3) is 0.500. The van der Waals surface area contributed by atoms with Crippen molar-refractivity contribution in [2.45, 2.75) is 12.6 Å². The number of alkyl carbamates (subject to hydrolysis) is 1. The first-order valence-electron chi connectivity index (χ1n) is 4.16. The van der Waals surface area contributed by atoms with E-state index in [1.807, 2.05) is 5.38 Å². The van der Waals surface area contributed by atoms with Crippen LogP contribution in [0.3, 0.4) is 0 Å². The van der Waals surface area contributed by atoms with Crippen LogP contribution in [0.2, 0.25) is 0 Å². The number of hydrogen-bond donors (Lipinski definition) is 1. The summed E-state index contributed by atoms with van der Waals surface area (Å²) < 4.78 is 9.73. The number of carbonyl (C=O) groups is 1. The van der Waals surface area contributed by atoms with Crippen molar-refractivity contribution in [1.82, 2.24) is 10.3 Å². The molecule has 1 fully saturated rings. The van der Waals surface area contributed by atoms with Gasteiger partial charge < -0.3 is 14.8 Å². The summed E-state index contributed by atoms with van der Waals surface area (Å²) in [4.78, 5) is 15.1. The van der Waals surface area contributed by atoms with Gasteiger partial charge in [-0.2, -0.15) is 0 Å². The fourth-order valence-electron chi connectivity index (χ4n) is 1.22. The Balaban J connectivity index is 2.05. The Hall–Kier alpha value is -1.14. The number of cyclic esters (lactones) is 1. The molecule has 0 saturated carbocycles. The Kier molecular flexibility index (Phi) is 2.64. The van der Waals surface area contributed by atoms with Gasteiger partial charge in [-0.25, -0.2) is 9.78 Å². The molecule has 5 nitrogen and oxygen atoms in total. The Morgan fingerprint density at radius 2 is 2.71 bits per heavy atom. The number of ether oxygens (including phenoxy) is 2. The van der Waals surface area contributed by atoms with Crippen molar-refractivity contribution in [2.75, 3.05) is 13.7 Å². The van der Waals surface area contributed by atoms with E-state index in [-0.39, 0.29) is 12.1 Å². The average Bonchev–Trinajstić information content (AvgIpc) is 2.74. The molecule has 1 N–H and O–H groups in total. The molecule has 1 aliphatic rings. The van der Waals surface area contributed by atoms with Crippen molar-refractivity contribution in [3.05, 3.63) is 16.1 Å². The van der Waals surface area contributed by atoms with E-state index in [1.54, 1.807) is 7.11 Å². The zero-order valence-corrected chi connectivity index (χ0v) is 8.47. The molecule has 0 aliphatic carbocycles. The topological polar surface area (TPSA) is 60.5 Å². The van der Waals surface area contributed by atoms with Crippen LogP contribution in [0.4, 0.5) is 4.79 Å². The molecule has 1 atom stereocenters. The molecule has 76 valence electrons. The maximum atomic E-state index is 10.8. The van der Waals surface area contributed by atoms with Gasteiger partial charge in [-0.1, -0.05) is 0 Å². The summed E-state index contributed by atoms with van der Waals surface area (Å²) in [6, 6.07) is -0.107. The highest BCUT2D eigenvalue weighted by Gasteiger charge is 2.25. The number of nitrogens with zero attached hydrogens (tertiary/aromatic N) is 1. The van der Waals surface area contributed by atoms with Crippen molar-refractivity contribution < 1.29 is 14.3 Å². The number of hydrogen-bond acceptors (Lipinski definition) is 5. The minimum Gasteiger partial charge on any atom is -0.447 e. The van der Waals surface area contributed by atoms with Crippen LogP contribution in [0.1, 0.15) is 16.7 Å². The predicted octanol–water partition coefficient (Wildman–Crippen LogP) is 1.07. The second-order valence-corrected chi connectivity index (χ2v) is 3.84. The molecular formula is C8H10N2O3S. The molecule has 1 aliphatic heterocycles. The van der Waals surface area contributed by atoms with Crippen LogP contribution in [-0.2, 0) is 16.1 Å². The van der Waals surface area contributed by atoms with Gasteiger partial charge in [0.05, 0.1) is 12.3 Å². The first-order chi connectivity index (χ1) is 6.79. The number of aromatic nitrogens is 1. The number of nitrogens with one attached hydrogen (secondary N) is 1. The van der Waals surface area contributed by atoms with Crippen molar-refractivity contribution in [1.29, 1.82) is 0 Å². The number of thiazole rings is 1. The zero-order valence-electron chi connectivity index (χ0n) is 7.65. The Morgan fingerprint density at radius 1 is 1.86 bits per heavy atom. The lowest BCUT2D eigenvalue weighted by atomic mass is 10.2. The molecule has 1 saturated heterocycles. The third-order valence-corrected chi connectivity index (χ3v) is 2.71. The van der Waals surface area contributed by atoms with Gasteiger partial charge in [0.2, 0.25) is 0 Å². The predicted molar refractivity (Wildman–Crippen MR) is 50.1 cm³/mol. The first kappa shape index (κ1) is 9.42. The van der Waals surface area contributed by atoms with Gasteiger partial charge in [-0.3, -0.25) is 0 Å². The van der Waals surface area contributed by atoms with Crippen molar-refractivity contribution >= 4 is 17.4 Å². The zero-order chi connectivity index (χ0) is 9.97. The number of rotatable bonds is 3. The van der Waals surface area contributed by atoms with Crippen LogP contribution >= 0.6 is 11.3 Å². The van der Waals surface area contributed by atoms with E-state index in [9.17, 15) is 4.79 Å². The average molecular weight is 214 g/mol. The Labute approximate surface area is 85.0 Å². The maximum Gasteiger partial charge on any atom is 0.407 e. The quantitative estimate of drug-likeness (QED) is 0.817. The standard InChI is InChI=1S/C8H10N2O3S/c1-12-3-7-9-6(4-14-7)5-2-13-8(11)10-5/h4-5H,2-3H2,1H3,(H,10,11). The molecule has 1 amide bonds. The smallest absolute Gasteiger partial charge is 0.407 e. The summed E-state index contributed by atoms with van der Waals surface area (Å²) in [5.74, 6) is 0. The first-order valence-corrected chi connectivity index (χ1v) is 5.04. The van der Waals surface area contributed by atoms with E-state index in [1.165, 1.54) is 11.3 Å². The molecule has 1 aromatic heterocycles. The van der Waals surface area contributed by atoms with Crippen LogP contribution < -0.4 is 5.32 Å². The number of methoxy groups -OCH3 is 1. The van der Waals surface area contributed by atoms with E-state index in [0.717, 1.165) is 10.7 Å². The van der Waals surface area contributed by atoms with Crippen molar-refractivity contribution in [3.8, 4) is 0 Å². The van der Waals surface area contributed by atoms with Crippen LogP contribution in [-0.4, -0.2) is 24.8 Å². The van der Waals surface area contributed by atoms with Crippen LogP contribution in [0, 0.1) is 0 Å². The molecule has 14 heavy (non-hydrogen) atoms. The molecule has 1 unspecified atom stereocenters. The third-order valence-electron chi connectivity index (χ3n) is 1.87. The van der Waals surface area contributed by atoms with Crippen molar-refractivity contribution in [3.63, 3.8) is 0 Å². The van der Waals surface area contributed by atoms with E-state index in [2.05, 4.69) is 10.3 Å². The van der Waals surface area contributed by atoms with Gasteiger partial charge in [0.25, 0.3) is 0 Å². The molecular weight excluding hydrogens is 204 g/mol. The summed E-state index contributed by atoms with van der Waals surface area (Å²) in [5.41, 5.74) is 0.841. The molecule has 6 heteroatoms. The second-order valence-electron chi connectivity index (χ2n) is 2.89. The number of carbonyl (C=O) groups excluding carboxylic acids is 1. The van der Waals surface area contributed by atoms with Crippen LogP contribution in [0.15, 0.2) is 5.38 Å². The lowest BCUT2D eigenvalue weighted by Gasteiger charge is -2.01. The molecule has 2 rings (SSSR count). The van der Waals surface area contributed by atoms with Crippen molar-refractivity contribution in [2.24, 2.45) is 0 Å². The van der Waals surface area contributed by atoms with E-state index in [4.69, 9.17) is 9.47 Å². The Bertz CT molecular complexity index is 339. The highest BCUT2D eigenvalue weighted by molar-refractivity contribution is 7.09. The van der Waals surface area contributed by atoms with E-state index < -0.39 is 0 Å². The minimum atomic E-state index is -0.378. The lowest BCUT2D eigenvalue weighted by molar-refractivity contribution is 0.176. The second kappa shape index (κ2) is 3.93. The normalized spacial score (nSPS) is 20.6. The van der Waals surface area contributed by atoms with Gasteiger partial charge in [0.1, 0.15) is 17.7 Å². The number of amides is 1. The van der Waals surface area contributed by atoms with Gasteiger partial charge in [0, 0.05) is 12.5 Å². The fourth-order valence-corrected chi connectivity index (χ4v) is 2.04. The molecule has 2 heterocycles. The van der Waals surface area contributed by atoms with Crippen LogP contribution in [0.25, 0.3) is 0 Å². The molecule has 0 aromatic carbocycles. The summed E-state index contributed by atoms with van der Waals surface area (Å²) in [7, 11) is 1.63. The third kappa shape index (κ3) is 1.85. The van der Waals surface area contributed by atoms with Crippen LogP contribution in [0.5, 0.6) is 0 Å². The molecule has 0 bridgehead atoms. The SMILES string of the molecule is COCc1nc(C2COC(=O)N2)cs1. The van der Waals surface area contributed by atoms with E-state index >= 15 is 0 Å². The van der Waals surface area contributed by atoms with Gasteiger partial charge in [-0.15, -0.1) is 11.3 Å². The minimum absolute atomic E-state index is 0.107. The molecule has 0 spiro atoms. The summed E-state index contributed by atoms with van der Waals surface area (Å²) in [6.45, 7) is 0.862. The lowest BCUT2D eigenvalue weighted by Crippen LogP contribution is -2.18. The largest absolute Gasteiger partial charge is 0.447 e. The Morgan fingerprint density at radius 3 is 3.36 bits per heavy atom. The van der Waals surface area contributed by atoms with E-state index in [0.29, 0.717) is 13.2 Å². The maximum absolute atomic E-state index is 10.8. The molecule has 0 radical (unpaired) electrons. The highest BCUT2D eigenvalue weighted by atomic mass is 32.1. The summed E-state index contributed by atoms with van der Waals surface area (Å²) in [6.07, 6.45) is -0.378.